The molecule has 1 saturated heterocycles. The average molecular weight is 263 g/mol. The van der Waals surface area contributed by atoms with E-state index in [1.54, 1.807) is 12.1 Å². The highest BCUT2D eigenvalue weighted by atomic mass is 16.5. The summed E-state index contributed by atoms with van der Waals surface area (Å²) in [5.74, 6) is -0.0658. The number of anilines is 2. The first-order valence-corrected chi connectivity index (χ1v) is 6.53. The molecule has 1 fully saturated rings. The molecule has 2 rings (SSSR count). The lowest BCUT2D eigenvalue weighted by atomic mass is 10.1. The molecule has 0 atom stereocenters. The number of benzene rings is 1. The molecule has 0 bridgehead atoms. The number of hydrogen-bond acceptors (Lipinski definition) is 4. The Morgan fingerprint density at radius 3 is 2.63 bits per heavy atom. The fourth-order valence-corrected chi connectivity index (χ4v) is 2.21. The van der Waals surface area contributed by atoms with E-state index in [-0.39, 0.29) is 11.9 Å². The van der Waals surface area contributed by atoms with Crippen molar-refractivity contribution in [1.29, 1.82) is 0 Å². The molecular formula is C14H21N3O2. The van der Waals surface area contributed by atoms with Gasteiger partial charge in [-0.2, -0.15) is 0 Å². The van der Waals surface area contributed by atoms with Crippen molar-refractivity contribution in [3.8, 4) is 0 Å². The number of ether oxygens (including phenoxy) is 1. The van der Waals surface area contributed by atoms with E-state index in [1.165, 1.54) is 0 Å². The highest BCUT2D eigenvalue weighted by Gasteiger charge is 2.17. The highest BCUT2D eigenvalue weighted by molar-refractivity contribution is 5.96. The monoisotopic (exact) mass is 263 g/mol. The molecule has 0 unspecified atom stereocenters. The molecule has 1 aliphatic rings. The van der Waals surface area contributed by atoms with Crippen LogP contribution >= 0.6 is 0 Å². The maximum atomic E-state index is 12.1. The molecule has 0 radical (unpaired) electrons. The van der Waals surface area contributed by atoms with Crippen molar-refractivity contribution in [2.24, 2.45) is 0 Å². The summed E-state index contributed by atoms with van der Waals surface area (Å²) in [5.41, 5.74) is 8.09. The van der Waals surface area contributed by atoms with Gasteiger partial charge in [0.2, 0.25) is 0 Å². The van der Waals surface area contributed by atoms with Crippen LogP contribution in [0.1, 0.15) is 23.2 Å². The van der Waals surface area contributed by atoms with Crippen molar-refractivity contribution >= 4 is 17.3 Å². The molecular weight excluding hydrogens is 242 g/mol. The lowest BCUT2D eigenvalue weighted by Gasteiger charge is -2.23. The van der Waals surface area contributed by atoms with Gasteiger partial charge in [0.05, 0.1) is 11.4 Å². The molecule has 0 aliphatic carbocycles. The second kappa shape index (κ2) is 5.93. The highest BCUT2D eigenvalue weighted by Crippen LogP contribution is 2.22. The average Bonchev–Trinajstić information content (AvgIpc) is 2.39. The quantitative estimate of drug-likeness (QED) is 0.805. The van der Waals surface area contributed by atoms with E-state index >= 15 is 0 Å². The number of nitrogens with two attached hydrogens (primary N) is 1. The molecule has 1 amide bonds. The zero-order valence-corrected chi connectivity index (χ0v) is 11.5. The number of amides is 1. The third-order valence-electron chi connectivity index (χ3n) is 3.33. The second-order valence-corrected chi connectivity index (χ2v) is 5.03. The zero-order chi connectivity index (χ0) is 13.8. The van der Waals surface area contributed by atoms with Gasteiger partial charge in [-0.05, 0) is 31.0 Å². The van der Waals surface area contributed by atoms with E-state index in [9.17, 15) is 4.79 Å². The van der Waals surface area contributed by atoms with Crippen LogP contribution in [0, 0.1) is 0 Å². The molecule has 5 heteroatoms. The Labute approximate surface area is 113 Å². The molecule has 0 saturated carbocycles. The zero-order valence-electron chi connectivity index (χ0n) is 11.5. The summed E-state index contributed by atoms with van der Waals surface area (Å²) in [6.45, 7) is 1.43. The molecule has 1 heterocycles. The molecule has 104 valence electrons. The number of carbonyl (C=O) groups excluding carboxylic acids is 1. The van der Waals surface area contributed by atoms with Gasteiger partial charge in [-0.1, -0.05) is 0 Å². The predicted octanol–water partition coefficient (Wildman–Crippen LogP) is 1.24. The molecule has 3 N–H and O–H groups in total. The van der Waals surface area contributed by atoms with Crippen LogP contribution in [0.4, 0.5) is 11.4 Å². The SMILES string of the molecule is CN(C)c1ccc(C(=O)NC2CCOCC2)cc1N. The third kappa shape index (κ3) is 3.38. The van der Waals surface area contributed by atoms with E-state index in [1.807, 2.05) is 25.1 Å². The van der Waals surface area contributed by atoms with Gasteiger partial charge in [-0.3, -0.25) is 4.79 Å². The van der Waals surface area contributed by atoms with Crippen LogP contribution in [0.5, 0.6) is 0 Å². The van der Waals surface area contributed by atoms with Crippen molar-refractivity contribution in [3.63, 3.8) is 0 Å². The lowest BCUT2D eigenvalue weighted by molar-refractivity contribution is 0.0696. The normalized spacial score (nSPS) is 16.1. The van der Waals surface area contributed by atoms with E-state index in [0.29, 0.717) is 24.5 Å². The van der Waals surface area contributed by atoms with Crippen LogP contribution in [-0.4, -0.2) is 39.3 Å². The largest absolute Gasteiger partial charge is 0.397 e. The molecule has 1 aromatic carbocycles. The van der Waals surface area contributed by atoms with Crippen LogP contribution in [-0.2, 0) is 4.74 Å². The van der Waals surface area contributed by atoms with E-state index in [2.05, 4.69) is 5.32 Å². The maximum absolute atomic E-state index is 12.1. The Balaban J connectivity index is 2.04. The van der Waals surface area contributed by atoms with Gasteiger partial charge in [0.1, 0.15) is 0 Å². The van der Waals surface area contributed by atoms with Crippen molar-refractivity contribution in [2.45, 2.75) is 18.9 Å². The van der Waals surface area contributed by atoms with Crippen LogP contribution in [0.15, 0.2) is 18.2 Å². The molecule has 5 nitrogen and oxygen atoms in total. The number of rotatable bonds is 3. The minimum Gasteiger partial charge on any atom is -0.397 e. The summed E-state index contributed by atoms with van der Waals surface area (Å²) in [5, 5.41) is 3.02. The first-order chi connectivity index (χ1) is 9.08. The van der Waals surface area contributed by atoms with Gasteiger partial charge in [0, 0.05) is 38.9 Å². The Hall–Kier alpha value is -1.75. The summed E-state index contributed by atoms with van der Waals surface area (Å²) in [7, 11) is 3.85. The number of nitrogens with one attached hydrogen (secondary N) is 1. The fraction of sp³-hybridized carbons (Fsp3) is 0.500. The summed E-state index contributed by atoms with van der Waals surface area (Å²) >= 11 is 0. The Bertz CT molecular complexity index is 454. The van der Waals surface area contributed by atoms with Gasteiger partial charge < -0.3 is 20.7 Å². The van der Waals surface area contributed by atoms with E-state index in [0.717, 1.165) is 18.5 Å². The van der Waals surface area contributed by atoms with E-state index < -0.39 is 0 Å². The van der Waals surface area contributed by atoms with Gasteiger partial charge in [0.15, 0.2) is 0 Å². The predicted molar refractivity (Wildman–Crippen MR) is 76.5 cm³/mol. The molecule has 0 spiro atoms. The number of nitrogens with zero attached hydrogens (tertiary/aromatic N) is 1. The smallest absolute Gasteiger partial charge is 0.251 e. The van der Waals surface area contributed by atoms with Gasteiger partial charge in [-0.25, -0.2) is 0 Å². The van der Waals surface area contributed by atoms with Crippen LogP contribution in [0.2, 0.25) is 0 Å². The van der Waals surface area contributed by atoms with Crippen LogP contribution < -0.4 is 16.0 Å². The Morgan fingerprint density at radius 2 is 2.05 bits per heavy atom. The van der Waals surface area contributed by atoms with Crippen molar-refractivity contribution in [2.75, 3.05) is 37.9 Å². The number of nitrogen functional groups attached to an aromatic ring is 1. The van der Waals surface area contributed by atoms with Crippen LogP contribution in [0.25, 0.3) is 0 Å². The first-order valence-electron chi connectivity index (χ1n) is 6.53. The van der Waals surface area contributed by atoms with Gasteiger partial charge >= 0.3 is 0 Å². The molecule has 1 aromatic rings. The van der Waals surface area contributed by atoms with Crippen molar-refractivity contribution < 1.29 is 9.53 Å². The standard InChI is InChI=1S/C14H21N3O2/c1-17(2)13-4-3-10(9-12(13)15)14(18)16-11-5-7-19-8-6-11/h3-4,9,11H,5-8,15H2,1-2H3,(H,16,18). The Morgan fingerprint density at radius 1 is 1.37 bits per heavy atom. The molecule has 19 heavy (non-hydrogen) atoms. The lowest BCUT2D eigenvalue weighted by Crippen LogP contribution is -2.38. The number of hydrogen-bond donors (Lipinski definition) is 2. The topological polar surface area (TPSA) is 67.6 Å². The summed E-state index contributed by atoms with van der Waals surface area (Å²) < 4.78 is 5.27. The van der Waals surface area contributed by atoms with Crippen LogP contribution in [0.3, 0.4) is 0 Å². The van der Waals surface area contributed by atoms with Gasteiger partial charge in [-0.15, -0.1) is 0 Å². The second-order valence-electron chi connectivity index (χ2n) is 5.03. The van der Waals surface area contributed by atoms with Gasteiger partial charge in [0.25, 0.3) is 5.91 Å². The summed E-state index contributed by atoms with van der Waals surface area (Å²) in [4.78, 5) is 14.1. The minimum absolute atomic E-state index is 0.0658. The van der Waals surface area contributed by atoms with Crippen molar-refractivity contribution in [3.05, 3.63) is 23.8 Å². The summed E-state index contributed by atoms with van der Waals surface area (Å²) in [6.07, 6.45) is 1.74. The number of carbonyl (C=O) groups is 1. The molecule has 1 aliphatic heterocycles. The minimum atomic E-state index is -0.0658. The van der Waals surface area contributed by atoms with Crippen molar-refractivity contribution in [1.82, 2.24) is 5.32 Å². The van der Waals surface area contributed by atoms with E-state index in [4.69, 9.17) is 10.5 Å². The molecule has 0 aromatic heterocycles. The summed E-state index contributed by atoms with van der Waals surface area (Å²) in [6, 6.07) is 5.61. The fourth-order valence-electron chi connectivity index (χ4n) is 2.21. The third-order valence-corrected chi connectivity index (χ3v) is 3.33. The Kier molecular flexibility index (Phi) is 4.27. The first kappa shape index (κ1) is 13.7. The maximum Gasteiger partial charge on any atom is 0.251 e.